The molecular formula is C35H25F8N2O4P. The maximum absolute atomic E-state index is 15.0. The van der Waals surface area contributed by atoms with Crippen molar-refractivity contribution in [2.75, 3.05) is 13.7 Å². The highest BCUT2D eigenvalue weighted by Crippen LogP contribution is 2.48. The molecular weight excluding hydrogens is 695 g/mol. The minimum atomic E-state index is -4.84. The Balaban J connectivity index is 1.34. The van der Waals surface area contributed by atoms with Gasteiger partial charge in [0.2, 0.25) is 0 Å². The molecule has 50 heavy (non-hydrogen) atoms. The second kappa shape index (κ2) is 12.8. The predicted molar refractivity (Wildman–Crippen MR) is 168 cm³/mol. The highest BCUT2D eigenvalue weighted by molar-refractivity contribution is 7.59. The van der Waals surface area contributed by atoms with E-state index in [2.05, 4.69) is 4.98 Å². The number of hydrogen-bond acceptors (Lipinski definition) is 5. The van der Waals surface area contributed by atoms with Crippen LogP contribution < -0.4 is 4.74 Å². The Hall–Kier alpha value is -4.84. The Labute approximate surface area is 281 Å². The van der Waals surface area contributed by atoms with Gasteiger partial charge in [-0.25, -0.2) is 4.79 Å². The SMILES string of the molecule is COc1ccc(-c2ccc(C(=O)PC(F)(F)c3cccc(C(F)(F)F)c3)cc2C)cc1-c1ncc(C(F)(F)F)cc1[C@@H]1C=C[C@H]2COC(=O)N21. The molecule has 0 aliphatic carbocycles. The Bertz CT molecular complexity index is 2030. The zero-order valence-electron chi connectivity index (χ0n) is 26.0. The van der Waals surface area contributed by atoms with Crippen molar-refractivity contribution in [3.63, 3.8) is 0 Å². The average molecular weight is 721 g/mol. The third kappa shape index (κ3) is 6.68. The molecule has 2 aliphatic heterocycles. The van der Waals surface area contributed by atoms with Crippen LogP contribution in [0.25, 0.3) is 22.4 Å². The van der Waals surface area contributed by atoms with Gasteiger partial charge in [-0.3, -0.25) is 14.7 Å². The smallest absolute Gasteiger partial charge is 0.417 e. The summed E-state index contributed by atoms with van der Waals surface area (Å²) in [6.45, 7) is 1.67. The van der Waals surface area contributed by atoms with E-state index in [0.29, 0.717) is 40.6 Å². The van der Waals surface area contributed by atoms with Crippen molar-refractivity contribution in [3.8, 4) is 28.1 Å². The van der Waals surface area contributed by atoms with Crippen molar-refractivity contribution >= 4 is 20.2 Å². The van der Waals surface area contributed by atoms with E-state index in [1.54, 1.807) is 37.3 Å². The van der Waals surface area contributed by atoms with Crippen LogP contribution in [0.3, 0.4) is 0 Å². The van der Waals surface area contributed by atoms with E-state index in [0.717, 1.165) is 18.2 Å². The van der Waals surface area contributed by atoms with Gasteiger partial charge < -0.3 is 9.47 Å². The first-order valence-electron chi connectivity index (χ1n) is 14.9. The summed E-state index contributed by atoms with van der Waals surface area (Å²) in [5.41, 5.74) is -6.13. The zero-order valence-corrected chi connectivity index (χ0v) is 27.0. The quantitative estimate of drug-likeness (QED) is 0.103. The lowest BCUT2D eigenvalue weighted by atomic mass is 9.93. The number of carbonyl (C=O) groups is 2. The van der Waals surface area contributed by atoms with Crippen LogP contribution in [0, 0.1) is 6.92 Å². The zero-order chi connectivity index (χ0) is 36.2. The minimum absolute atomic E-state index is 0.0491. The molecule has 0 spiro atoms. The monoisotopic (exact) mass is 720 g/mol. The van der Waals surface area contributed by atoms with E-state index >= 15 is 8.78 Å². The predicted octanol–water partition coefficient (Wildman–Crippen LogP) is 9.77. The summed E-state index contributed by atoms with van der Waals surface area (Å²) in [5.74, 6) is 0.257. The van der Waals surface area contributed by atoms with Gasteiger partial charge in [0.05, 0.1) is 36.0 Å². The van der Waals surface area contributed by atoms with Crippen LogP contribution in [0.2, 0.25) is 0 Å². The number of hydrogen-bond donors (Lipinski definition) is 0. The van der Waals surface area contributed by atoms with Crippen molar-refractivity contribution in [1.82, 2.24) is 9.88 Å². The number of alkyl halides is 8. The number of carbonyl (C=O) groups excluding carboxylic acids is 2. The number of benzene rings is 3. The summed E-state index contributed by atoms with van der Waals surface area (Å²) < 4.78 is 122. The average Bonchev–Trinajstić information content (AvgIpc) is 3.66. The van der Waals surface area contributed by atoms with Crippen LogP contribution >= 0.6 is 8.58 Å². The van der Waals surface area contributed by atoms with Gasteiger partial charge in [0.25, 0.3) is 5.66 Å². The Morgan fingerprint density at radius 2 is 1.60 bits per heavy atom. The van der Waals surface area contributed by atoms with Crippen LogP contribution in [0.1, 0.15) is 44.2 Å². The molecule has 1 saturated heterocycles. The molecule has 3 atom stereocenters. The Kier molecular flexibility index (Phi) is 8.96. The number of halogens is 8. The summed E-state index contributed by atoms with van der Waals surface area (Å²) in [7, 11) is -0.320. The molecule has 1 aromatic heterocycles. The van der Waals surface area contributed by atoms with Gasteiger partial charge in [0.15, 0.2) is 5.52 Å². The minimum Gasteiger partial charge on any atom is -0.496 e. The van der Waals surface area contributed by atoms with Gasteiger partial charge in [-0.15, -0.1) is 0 Å². The molecule has 0 N–H and O–H groups in total. The van der Waals surface area contributed by atoms with Gasteiger partial charge >= 0.3 is 18.4 Å². The molecule has 0 radical (unpaired) electrons. The molecule has 1 unspecified atom stereocenters. The van der Waals surface area contributed by atoms with Crippen LogP contribution in [-0.4, -0.2) is 41.3 Å². The first kappa shape index (κ1) is 35.0. The Morgan fingerprint density at radius 3 is 2.28 bits per heavy atom. The molecule has 3 aromatic carbocycles. The molecule has 1 amide bonds. The maximum Gasteiger partial charge on any atom is 0.417 e. The second-order valence-electron chi connectivity index (χ2n) is 11.6. The third-order valence-electron chi connectivity index (χ3n) is 8.40. The summed E-state index contributed by atoms with van der Waals surface area (Å²) in [5, 5.41) is 0. The molecule has 260 valence electrons. The molecule has 2 aliphatic rings. The lowest BCUT2D eigenvalue weighted by Gasteiger charge is -2.25. The van der Waals surface area contributed by atoms with Gasteiger partial charge in [-0.1, -0.05) is 42.5 Å². The van der Waals surface area contributed by atoms with Gasteiger partial charge in [-0.2, -0.15) is 35.1 Å². The summed E-state index contributed by atoms with van der Waals surface area (Å²) in [4.78, 5) is 31.0. The van der Waals surface area contributed by atoms with Crippen molar-refractivity contribution in [2.45, 2.75) is 37.0 Å². The number of rotatable bonds is 8. The lowest BCUT2D eigenvalue weighted by molar-refractivity contribution is -0.138. The normalized spacial score (nSPS) is 17.8. The largest absolute Gasteiger partial charge is 0.496 e. The van der Waals surface area contributed by atoms with E-state index in [4.69, 9.17) is 9.47 Å². The Morgan fingerprint density at radius 1 is 0.880 bits per heavy atom. The number of cyclic esters (lactones) is 1. The standard InChI is InChI=1S/C35H25F8N2O4P/c1-18-12-20(31(46)50-35(42,43)22-5-3-4-21(14-22)33(36,37)38)6-9-25(18)19-7-11-29(48-2)27(13-19)30-26(15-23(16-44-30)34(39,40)41)28-10-8-24-17-49-32(47)45(24)28/h3-16,24,28,50H,17H2,1-2H3/t24-,28-/m0/s1. The topological polar surface area (TPSA) is 68.7 Å². The number of nitrogens with zero attached hydrogens (tertiary/aromatic N) is 2. The first-order valence-corrected chi connectivity index (χ1v) is 15.9. The van der Waals surface area contributed by atoms with Crippen molar-refractivity contribution in [3.05, 3.63) is 118 Å². The van der Waals surface area contributed by atoms with E-state index in [-0.39, 0.29) is 29.2 Å². The van der Waals surface area contributed by atoms with Crippen LogP contribution in [-0.2, 0) is 22.8 Å². The number of amides is 1. The van der Waals surface area contributed by atoms with Crippen molar-refractivity contribution in [1.29, 1.82) is 0 Å². The molecule has 0 saturated carbocycles. The van der Waals surface area contributed by atoms with E-state index in [9.17, 15) is 35.9 Å². The molecule has 6 nitrogen and oxygen atoms in total. The lowest BCUT2D eigenvalue weighted by Crippen LogP contribution is -2.31. The molecule has 4 aromatic rings. The number of pyridine rings is 1. The van der Waals surface area contributed by atoms with Crippen LogP contribution in [0.15, 0.2) is 85.1 Å². The summed E-state index contributed by atoms with van der Waals surface area (Å²) in [6, 6.07) is 11.3. The van der Waals surface area contributed by atoms with Crippen LogP contribution in [0.5, 0.6) is 5.75 Å². The molecule has 6 rings (SSSR count). The van der Waals surface area contributed by atoms with Gasteiger partial charge in [0.1, 0.15) is 12.4 Å². The van der Waals surface area contributed by atoms with E-state index in [1.165, 1.54) is 30.2 Å². The second-order valence-corrected chi connectivity index (χ2v) is 12.9. The third-order valence-corrected chi connectivity index (χ3v) is 9.52. The van der Waals surface area contributed by atoms with Crippen molar-refractivity contribution < 1.29 is 54.2 Å². The molecule has 3 heterocycles. The number of methoxy groups -OCH3 is 1. The number of aromatic nitrogens is 1. The first-order chi connectivity index (χ1) is 23.5. The fourth-order valence-corrected chi connectivity index (χ4v) is 6.83. The number of ether oxygens (including phenoxy) is 2. The molecule has 15 heteroatoms. The van der Waals surface area contributed by atoms with Crippen LogP contribution in [0.4, 0.5) is 39.9 Å². The molecule has 0 bridgehead atoms. The highest BCUT2D eigenvalue weighted by atomic mass is 31.1. The summed E-state index contributed by atoms with van der Waals surface area (Å²) in [6.07, 6.45) is -6.28. The van der Waals surface area contributed by atoms with Gasteiger partial charge in [-0.05, 0) is 60.0 Å². The summed E-state index contributed by atoms with van der Waals surface area (Å²) >= 11 is 0. The van der Waals surface area contributed by atoms with Gasteiger partial charge in [0, 0.05) is 37.0 Å². The molecule has 1 fully saturated rings. The number of aryl methyl sites for hydroxylation is 1. The highest BCUT2D eigenvalue weighted by Gasteiger charge is 2.43. The van der Waals surface area contributed by atoms with Crippen molar-refractivity contribution in [2.24, 2.45) is 0 Å². The van der Waals surface area contributed by atoms with E-state index in [1.807, 2.05) is 0 Å². The van der Waals surface area contributed by atoms with E-state index < -0.39 is 67.0 Å². The fourth-order valence-electron chi connectivity index (χ4n) is 5.95. The maximum atomic E-state index is 15.0. The number of fused-ring (bicyclic) bond motifs is 1. The fraction of sp³-hybridized carbons (Fsp3) is 0.229.